The Labute approximate surface area is 141 Å². The molecule has 1 fully saturated rings. The molecule has 0 spiro atoms. The standard InChI is InChI=1S/C19H21NO4/c1-23-18-12-17(21)16(19(22)14-5-3-2-4-6-14)11-15(18)13-20-7-9-24-10-8-20/h2-6,11-12,21H,7-10,13H2,1H3. The molecule has 1 N–H and O–H groups in total. The van der Waals surface area contributed by atoms with E-state index < -0.39 is 0 Å². The molecule has 0 radical (unpaired) electrons. The molecule has 5 nitrogen and oxygen atoms in total. The molecule has 2 aromatic rings. The number of ketones is 1. The molecule has 126 valence electrons. The molecule has 0 atom stereocenters. The zero-order valence-corrected chi connectivity index (χ0v) is 13.7. The van der Waals surface area contributed by atoms with Crippen molar-refractivity contribution in [2.24, 2.45) is 0 Å². The maximum absolute atomic E-state index is 12.7. The number of phenols is 1. The Morgan fingerprint density at radius 1 is 1.21 bits per heavy atom. The van der Waals surface area contributed by atoms with Crippen molar-refractivity contribution >= 4 is 5.78 Å². The number of carbonyl (C=O) groups is 1. The third-order valence-corrected chi connectivity index (χ3v) is 4.18. The third-order valence-electron chi connectivity index (χ3n) is 4.18. The summed E-state index contributed by atoms with van der Waals surface area (Å²) in [5.41, 5.74) is 1.73. The number of hydrogen-bond acceptors (Lipinski definition) is 5. The Balaban J connectivity index is 1.92. The zero-order valence-electron chi connectivity index (χ0n) is 13.7. The Hall–Kier alpha value is -2.37. The van der Waals surface area contributed by atoms with Gasteiger partial charge in [-0.15, -0.1) is 0 Å². The van der Waals surface area contributed by atoms with Crippen molar-refractivity contribution in [2.75, 3.05) is 33.4 Å². The van der Waals surface area contributed by atoms with E-state index in [-0.39, 0.29) is 11.5 Å². The van der Waals surface area contributed by atoms with Crippen LogP contribution in [0, 0.1) is 0 Å². The maximum Gasteiger partial charge on any atom is 0.196 e. The van der Waals surface area contributed by atoms with E-state index in [2.05, 4.69) is 4.90 Å². The van der Waals surface area contributed by atoms with E-state index in [4.69, 9.17) is 9.47 Å². The first kappa shape index (κ1) is 16.5. The minimum Gasteiger partial charge on any atom is -0.507 e. The van der Waals surface area contributed by atoms with E-state index in [0.29, 0.717) is 36.6 Å². The van der Waals surface area contributed by atoms with E-state index in [1.807, 2.05) is 18.2 Å². The molecule has 0 amide bonds. The summed E-state index contributed by atoms with van der Waals surface area (Å²) in [6.45, 7) is 3.74. The molecule has 1 heterocycles. The van der Waals surface area contributed by atoms with Gasteiger partial charge < -0.3 is 14.6 Å². The topological polar surface area (TPSA) is 59.0 Å². The normalized spacial score (nSPS) is 15.2. The molecule has 0 aromatic heterocycles. The van der Waals surface area contributed by atoms with Crippen molar-refractivity contribution in [1.82, 2.24) is 4.90 Å². The van der Waals surface area contributed by atoms with Crippen molar-refractivity contribution in [3.05, 3.63) is 59.2 Å². The molecule has 0 bridgehead atoms. The van der Waals surface area contributed by atoms with Gasteiger partial charge in [-0.25, -0.2) is 0 Å². The summed E-state index contributed by atoms with van der Waals surface area (Å²) in [5, 5.41) is 10.3. The molecular formula is C19H21NO4. The summed E-state index contributed by atoms with van der Waals surface area (Å²) in [4.78, 5) is 14.9. The van der Waals surface area contributed by atoms with Gasteiger partial charge in [0.1, 0.15) is 11.5 Å². The lowest BCUT2D eigenvalue weighted by Gasteiger charge is -2.27. The fourth-order valence-corrected chi connectivity index (χ4v) is 2.85. The minimum absolute atomic E-state index is 0.0635. The van der Waals surface area contributed by atoms with Crippen LogP contribution in [0.3, 0.4) is 0 Å². The minimum atomic E-state index is -0.195. The van der Waals surface area contributed by atoms with Crippen LogP contribution in [0.15, 0.2) is 42.5 Å². The van der Waals surface area contributed by atoms with Crippen molar-refractivity contribution < 1.29 is 19.4 Å². The quantitative estimate of drug-likeness (QED) is 0.855. The van der Waals surface area contributed by atoms with E-state index in [9.17, 15) is 9.90 Å². The van der Waals surface area contributed by atoms with Crippen LogP contribution in [0.2, 0.25) is 0 Å². The Morgan fingerprint density at radius 3 is 2.58 bits per heavy atom. The van der Waals surface area contributed by atoms with Gasteiger partial charge in [0.2, 0.25) is 0 Å². The number of aromatic hydroxyl groups is 1. The molecule has 3 rings (SSSR count). The number of carbonyl (C=O) groups excluding carboxylic acids is 1. The largest absolute Gasteiger partial charge is 0.507 e. The van der Waals surface area contributed by atoms with E-state index in [1.54, 1.807) is 25.3 Å². The molecule has 2 aromatic carbocycles. The van der Waals surface area contributed by atoms with Crippen LogP contribution < -0.4 is 4.74 Å². The van der Waals surface area contributed by atoms with Gasteiger partial charge in [-0.05, 0) is 6.07 Å². The zero-order chi connectivity index (χ0) is 16.9. The molecule has 5 heteroatoms. The van der Waals surface area contributed by atoms with E-state index in [0.717, 1.165) is 18.7 Å². The number of benzene rings is 2. The molecule has 0 saturated carbocycles. The van der Waals surface area contributed by atoms with Gasteiger partial charge in [-0.1, -0.05) is 30.3 Å². The van der Waals surface area contributed by atoms with Gasteiger partial charge >= 0.3 is 0 Å². The third kappa shape index (κ3) is 3.58. The summed E-state index contributed by atoms with van der Waals surface area (Å²) in [5.74, 6) is 0.328. The lowest BCUT2D eigenvalue weighted by Crippen LogP contribution is -2.35. The molecule has 0 aliphatic carbocycles. The summed E-state index contributed by atoms with van der Waals surface area (Å²) in [6, 6.07) is 12.2. The number of morpholine rings is 1. The highest BCUT2D eigenvalue weighted by molar-refractivity contribution is 6.10. The average Bonchev–Trinajstić information content (AvgIpc) is 2.64. The van der Waals surface area contributed by atoms with Gasteiger partial charge in [0.05, 0.1) is 25.9 Å². The van der Waals surface area contributed by atoms with Gasteiger partial charge in [0, 0.05) is 36.8 Å². The fraction of sp³-hybridized carbons (Fsp3) is 0.316. The SMILES string of the molecule is COc1cc(O)c(C(=O)c2ccccc2)cc1CN1CCOCC1. The van der Waals surface area contributed by atoms with Crippen molar-refractivity contribution in [3.8, 4) is 11.5 Å². The summed E-state index contributed by atoms with van der Waals surface area (Å²) >= 11 is 0. The fourth-order valence-electron chi connectivity index (χ4n) is 2.85. The number of ether oxygens (including phenoxy) is 2. The number of hydrogen-bond donors (Lipinski definition) is 1. The first-order valence-electron chi connectivity index (χ1n) is 7.99. The molecular weight excluding hydrogens is 306 g/mol. The van der Waals surface area contributed by atoms with Crippen molar-refractivity contribution in [1.29, 1.82) is 0 Å². The molecule has 1 saturated heterocycles. The van der Waals surface area contributed by atoms with Crippen LogP contribution in [-0.4, -0.2) is 49.2 Å². The highest BCUT2D eigenvalue weighted by atomic mass is 16.5. The first-order chi connectivity index (χ1) is 11.7. The second-order valence-electron chi connectivity index (χ2n) is 5.76. The first-order valence-corrected chi connectivity index (χ1v) is 7.99. The van der Waals surface area contributed by atoms with Crippen molar-refractivity contribution in [3.63, 3.8) is 0 Å². The average molecular weight is 327 g/mol. The lowest BCUT2D eigenvalue weighted by molar-refractivity contribution is 0.0338. The summed E-state index contributed by atoms with van der Waals surface area (Å²) in [7, 11) is 1.57. The second-order valence-corrected chi connectivity index (χ2v) is 5.76. The lowest BCUT2D eigenvalue weighted by atomic mass is 9.99. The molecule has 1 aliphatic rings. The summed E-state index contributed by atoms with van der Waals surface area (Å²) < 4.78 is 10.7. The molecule has 1 aliphatic heterocycles. The van der Waals surface area contributed by atoms with Crippen LogP contribution in [0.5, 0.6) is 11.5 Å². The highest BCUT2D eigenvalue weighted by Crippen LogP contribution is 2.31. The predicted molar refractivity (Wildman–Crippen MR) is 90.6 cm³/mol. The molecule has 24 heavy (non-hydrogen) atoms. The highest BCUT2D eigenvalue weighted by Gasteiger charge is 2.19. The van der Waals surface area contributed by atoms with E-state index >= 15 is 0 Å². The van der Waals surface area contributed by atoms with Crippen LogP contribution in [-0.2, 0) is 11.3 Å². The van der Waals surface area contributed by atoms with Gasteiger partial charge in [-0.3, -0.25) is 9.69 Å². The number of methoxy groups -OCH3 is 1. The smallest absolute Gasteiger partial charge is 0.196 e. The maximum atomic E-state index is 12.7. The van der Waals surface area contributed by atoms with Crippen LogP contribution in [0.25, 0.3) is 0 Å². The number of nitrogens with zero attached hydrogens (tertiary/aromatic N) is 1. The van der Waals surface area contributed by atoms with Gasteiger partial charge in [0.25, 0.3) is 0 Å². The van der Waals surface area contributed by atoms with Crippen molar-refractivity contribution in [2.45, 2.75) is 6.54 Å². The predicted octanol–water partition coefficient (Wildman–Crippen LogP) is 2.46. The number of rotatable bonds is 5. The van der Waals surface area contributed by atoms with Gasteiger partial charge in [-0.2, -0.15) is 0 Å². The summed E-state index contributed by atoms with van der Waals surface area (Å²) in [6.07, 6.45) is 0. The Bertz CT molecular complexity index is 709. The van der Waals surface area contributed by atoms with Gasteiger partial charge in [0.15, 0.2) is 5.78 Å². The van der Waals surface area contributed by atoms with Crippen LogP contribution in [0.4, 0.5) is 0 Å². The number of phenolic OH excluding ortho intramolecular Hbond substituents is 1. The molecule has 0 unspecified atom stereocenters. The second kappa shape index (κ2) is 7.47. The van der Waals surface area contributed by atoms with Crippen LogP contribution >= 0.6 is 0 Å². The van der Waals surface area contributed by atoms with E-state index in [1.165, 1.54) is 6.07 Å². The van der Waals surface area contributed by atoms with Crippen LogP contribution in [0.1, 0.15) is 21.5 Å². The Morgan fingerprint density at radius 2 is 1.92 bits per heavy atom. The monoisotopic (exact) mass is 327 g/mol. The Kier molecular flexibility index (Phi) is 5.13.